The van der Waals surface area contributed by atoms with Crippen LogP contribution in [0.4, 0.5) is 11.5 Å². The third-order valence-electron chi connectivity index (χ3n) is 3.06. The highest BCUT2D eigenvalue weighted by Gasteiger charge is 2.15. The number of hydrogen-bond acceptors (Lipinski definition) is 5. The molecular weight excluding hydrogens is 340 g/mol. The predicted octanol–water partition coefficient (Wildman–Crippen LogP) is 2.80. The molecule has 1 amide bonds. The molecule has 7 nitrogen and oxygen atoms in total. The molecule has 2 aromatic rings. The van der Waals surface area contributed by atoms with Gasteiger partial charge >= 0.3 is 0 Å². The minimum absolute atomic E-state index is 0.0710. The minimum Gasteiger partial charge on any atom is -0.323 e. The maximum atomic E-state index is 12.4. The topological polar surface area (TPSA) is 101 Å². The van der Waals surface area contributed by atoms with Gasteiger partial charge in [-0.25, -0.2) is 18.4 Å². The lowest BCUT2D eigenvalue weighted by atomic mass is 10.3. The van der Waals surface area contributed by atoms with Crippen LogP contribution in [0.3, 0.4) is 0 Å². The first-order chi connectivity index (χ1) is 11.7. The fourth-order valence-electron chi connectivity index (χ4n) is 2.12. The maximum Gasteiger partial charge on any atom is 0.263 e. The summed E-state index contributed by atoms with van der Waals surface area (Å²) in [4.78, 5) is 19.9. The first-order valence-corrected chi connectivity index (χ1v) is 9.05. The van der Waals surface area contributed by atoms with Crippen LogP contribution >= 0.6 is 0 Å². The molecule has 0 atom stereocenters. The third kappa shape index (κ3) is 5.39. The molecule has 25 heavy (non-hydrogen) atoms. The Labute approximate surface area is 147 Å². The van der Waals surface area contributed by atoms with Crippen molar-refractivity contribution in [3.8, 4) is 0 Å². The number of aromatic nitrogens is 2. The summed E-state index contributed by atoms with van der Waals surface area (Å²) in [5.41, 5.74) is 2.05. The van der Waals surface area contributed by atoms with E-state index in [1.165, 1.54) is 30.3 Å². The van der Waals surface area contributed by atoms with Gasteiger partial charge < -0.3 is 5.32 Å². The fraction of sp³-hybridized carbons (Fsp3) is 0.235. The van der Waals surface area contributed by atoms with E-state index in [0.29, 0.717) is 17.2 Å². The molecule has 0 aliphatic rings. The Balaban J connectivity index is 2.17. The van der Waals surface area contributed by atoms with Crippen LogP contribution in [0.1, 0.15) is 25.4 Å². The van der Waals surface area contributed by atoms with E-state index < -0.39 is 10.0 Å². The summed E-state index contributed by atoms with van der Waals surface area (Å²) in [6.45, 7) is 7.08. The molecule has 2 N–H and O–H groups in total. The number of sulfonamides is 1. The summed E-state index contributed by atoms with van der Waals surface area (Å²) in [5, 5.41) is 2.67. The summed E-state index contributed by atoms with van der Waals surface area (Å²) in [7, 11) is -3.78. The second-order valence-electron chi connectivity index (χ2n) is 5.78. The Kier molecular flexibility index (Phi) is 5.53. The molecule has 0 aliphatic heterocycles. The highest BCUT2D eigenvalue weighted by Crippen LogP contribution is 2.18. The van der Waals surface area contributed by atoms with Crippen LogP contribution in [-0.2, 0) is 14.8 Å². The molecule has 0 spiro atoms. The molecule has 0 fully saturated rings. The Morgan fingerprint density at radius 3 is 2.28 bits per heavy atom. The number of allylic oxidation sites excluding steroid dienone is 1. The smallest absolute Gasteiger partial charge is 0.263 e. The number of hydrogen-bond donors (Lipinski definition) is 2. The van der Waals surface area contributed by atoms with Crippen molar-refractivity contribution >= 4 is 27.4 Å². The van der Waals surface area contributed by atoms with E-state index in [-0.39, 0.29) is 16.6 Å². The van der Waals surface area contributed by atoms with Gasteiger partial charge in [-0.3, -0.25) is 9.52 Å². The standard InChI is InChI=1S/C17H20N4O3S/c1-11(2)9-17(22)20-14-5-7-15(8-6-14)25(23,24)21-16-10-12(3)18-13(4)19-16/h5-10H,1-4H3,(H,20,22)(H,18,19,21). The van der Waals surface area contributed by atoms with Crippen LogP contribution in [0, 0.1) is 13.8 Å². The zero-order valence-electron chi connectivity index (χ0n) is 14.5. The lowest BCUT2D eigenvalue weighted by Crippen LogP contribution is -2.15. The Morgan fingerprint density at radius 2 is 1.72 bits per heavy atom. The van der Waals surface area contributed by atoms with Crippen molar-refractivity contribution in [2.45, 2.75) is 32.6 Å². The van der Waals surface area contributed by atoms with Crippen molar-refractivity contribution in [2.24, 2.45) is 0 Å². The van der Waals surface area contributed by atoms with E-state index in [4.69, 9.17) is 0 Å². The molecule has 2 rings (SSSR count). The third-order valence-corrected chi connectivity index (χ3v) is 4.43. The SMILES string of the molecule is CC(C)=CC(=O)Nc1ccc(S(=O)(=O)Nc2cc(C)nc(C)n2)cc1. The van der Waals surface area contributed by atoms with Gasteiger partial charge in [-0.1, -0.05) is 5.57 Å². The summed E-state index contributed by atoms with van der Waals surface area (Å²) in [6.07, 6.45) is 1.46. The molecule has 0 saturated heterocycles. The fourth-order valence-corrected chi connectivity index (χ4v) is 3.12. The van der Waals surface area contributed by atoms with E-state index in [1.54, 1.807) is 19.9 Å². The number of nitrogens with zero attached hydrogens (tertiary/aromatic N) is 2. The quantitative estimate of drug-likeness (QED) is 0.799. The highest BCUT2D eigenvalue weighted by molar-refractivity contribution is 7.92. The van der Waals surface area contributed by atoms with Gasteiger partial charge in [0.1, 0.15) is 11.6 Å². The predicted molar refractivity (Wildman–Crippen MR) is 96.8 cm³/mol. The van der Waals surface area contributed by atoms with E-state index in [0.717, 1.165) is 5.57 Å². The first-order valence-electron chi connectivity index (χ1n) is 7.57. The van der Waals surface area contributed by atoms with Crippen molar-refractivity contribution in [1.29, 1.82) is 0 Å². The zero-order chi connectivity index (χ0) is 18.6. The average molecular weight is 360 g/mol. The van der Waals surface area contributed by atoms with Gasteiger partial charge in [0.15, 0.2) is 0 Å². The lowest BCUT2D eigenvalue weighted by molar-refractivity contribution is -0.111. The Hall–Kier alpha value is -2.74. The molecule has 1 aromatic carbocycles. The summed E-state index contributed by atoms with van der Waals surface area (Å²) in [6, 6.07) is 7.45. The molecular formula is C17H20N4O3S. The van der Waals surface area contributed by atoms with E-state index >= 15 is 0 Å². The molecule has 0 radical (unpaired) electrons. The van der Waals surface area contributed by atoms with E-state index in [1.807, 2.05) is 13.8 Å². The van der Waals surface area contributed by atoms with Gasteiger partial charge in [0.2, 0.25) is 5.91 Å². The van der Waals surface area contributed by atoms with Crippen molar-refractivity contribution in [3.63, 3.8) is 0 Å². The average Bonchev–Trinajstić information content (AvgIpc) is 2.45. The molecule has 1 heterocycles. The van der Waals surface area contributed by atoms with Crippen LogP contribution in [0.2, 0.25) is 0 Å². The van der Waals surface area contributed by atoms with Crippen LogP contribution in [0.5, 0.6) is 0 Å². The number of carbonyl (C=O) groups is 1. The molecule has 0 saturated carbocycles. The van der Waals surface area contributed by atoms with Crippen molar-refractivity contribution in [1.82, 2.24) is 9.97 Å². The molecule has 0 unspecified atom stereocenters. The Bertz CT molecular complexity index is 895. The normalized spacial score (nSPS) is 10.9. The van der Waals surface area contributed by atoms with Gasteiger partial charge in [-0.05, 0) is 52.0 Å². The van der Waals surface area contributed by atoms with Crippen LogP contribution < -0.4 is 10.0 Å². The van der Waals surface area contributed by atoms with Crippen LogP contribution in [0.15, 0.2) is 46.9 Å². The second-order valence-corrected chi connectivity index (χ2v) is 7.46. The minimum atomic E-state index is -3.78. The number of rotatable bonds is 5. The summed E-state index contributed by atoms with van der Waals surface area (Å²) in [5.74, 6) is 0.432. The van der Waals surface area contributed by atoms with Crippen molar-refractivity contribution in [3.05, 3.63) is 53.5 Å². The van der Waals surface area contributed by atoms with Crippen molar-refractivity contribution < 1.29 is 13.2 Å². The number of anilines is 2. The summed E-state index contributed by atoms with van der Waals surface area (Å²) >= 11 is 0. The van der Waals surface area contributed by atoms with Crippen LogP contribution in [-0.4, -0.2) is 24.3 Å². The molecule has 0 bridgehead atoms. The maximum absolute atomic E-state index is 12.4. The summed E-state index contributed by atoms with van der Waals surface area (Å²) < 4.78 is 27.3. The van der Waals surface area contributed by atoms with Crippen LogP contribution in [0.25, 0.3) is 0 Å². The first kappa shape index (κ1) is 18.6. The second kappa shape index (κ2) is 7.43. The Morgan fingerprint density at radius 1 is 1.08 bits per heavy atom. The largest absolute Gasteiger partial charge is 0.323 e. The zero-order valence-corrected chi connectivity index (χ0v) is 15.3. The number of benzene rings is 1. The van der Waals surface area contributed by atoms with Gasteiger partial charge in [0, 0.05) is 23.5 Å². The number of aryl methyl sites for hydroxylation is 2. The molecule has 1 aromatic heterocycles. The van der Waals surface area contributed by atoms with Gasteiger partial charge in [-0.2, -0.15) is 0 Å². The molecule has 8 heteroatoms. The van der Waals surface area contributed by atoms with Gasteiger partial charge in [0.05, 0.1) is 4.90 Å². The highest BCUT2D eigenvalue weighted by atomic mass is 32.2. The number of amides is 1. The van der Waals surface area contributed by atoms with E-state index in [9.17, 15) is 13.2 Å². The monoisotopic (exact) mass is 360 g/mol. The van der Waals surface area contributed by atoms with Crippen molar-refractivity contribution in [2.75, 3.05) is 10.0 Å². The van der Waals surface area contributed by atoms with Gasteiger partial charge in [0.25, 0.3) is 10.0 Å². The number of carbonyl (C=O) groups excluding carboxylic acids is 1. The lowest BCUT2D eigenvalue weighted by Gasteiger charge is -2.09. The molecule has 132 valence electrons. The number of nitrogens with one attached hydrogen (secondary N) is 2. The van der Waals surface area contributed by atoms with Gasteiger partial charge in [-0.15, -0.1) is 0 Å². The molecule has 0 aliphatic carbocycles. The van der Waals surface area contributed by atoms with E-state index in [2.05, 4.69) is 20.0 Å².